The van der Waals surface area contributed by atoms with E-state index in [1.165, 1.54) is 0 Å². The highest BCUT2D eigenvalue weighted by Gasteiger charge is 2.22. The van der Waals surface area contributed by atoms with Crippen LogP contribution >= 0.6 is 0 Å². The molecular formula is C23H38N2O2. The lowest BCUT2D eigenvalue weighted by Crippen LogP contribution is -2.45. The lowest BCUT2D eigenvalue weighted by atomic mass is 9.98. The van der Waals surface area contributed by atoms with E-state index in [-0.39, 0.29) is 29.7 Å². The van der Waals surface area contributed by atoms with E-state index in [2.05, 4.69) is 24.2 Å². The molecule has 0 aliphatic carbocycles. The first-order chi connectivity index (χ1) is 12.7. The number of terminal acetylenes is 1. The van der Waals surface area contributed by atoms with E-state index >= 15 is 0 Å². The van der Waals surface area contributed by atoms with Crippen molar-refractivity contribution in [2.24, 2.45) is 5.92 Å². The summed E-state index contributed by atoms with van der Waals surface area (Å²) in [6, 6.07) is 0.0286. The fourth-order valence-corrected chi connectivity index (χ4v) is 2.77. The van der Waals surface area contributed by atoms with Crippen molar-refractivity contribution in [2.45, 2.75) is 78.8 Å². The first-order valence-corrected chi connectivity index (χ1v) is 10.1. The standard InChI is InChI=1S/C23H38N2O2/c1-8-10-13-20(12-9-2)14-11-15-22(26)25(7)17-16-21(24-19(5)6)23(27)18(3)4/h2,10,12-13,18-19,21,24H,8,11,14-17H2,1,3-7H3/b13-10-,20-12+. The molecule has 0 bridgehead atoms. The van der Waals surface area contributed by atoms with Gasteiger partial charge in [-0.05, 0) is 37.3 Å². The monoisotopic (exact) mass is 374 g/mol. The van der Waals surface area contributed by atoms with Crippen molar-refractivity contribution >= 4 is 11.7 Å². The van der Waals surface area contributed by atoms with Gasteiger partial charge in [0, 0.05) is 32.0 Å². The Morgan fingerprint density at radius 1 is 1.19 bits per heavy atom. The number of carbonyl (C=O) groups is 2. The van der Waals surface area contributed by atoms with Crippen molar-refractivity contribution in [2.75, 3.05) is 13.6 Å². The van der Waals surface area contributed by atoms with Crippen molar-refractivity contribution in [3.63, 3.8) is 0 Å². The van der Waals surface area contributed by atoms with Crippen LogP contribution in [0, 0.1) is 18.3 Å². The lowest BCUT2D eigenvalue weighted by Gasteiger charge is -2.25. The van der Waals surface area contributed by atoms with Gasteiger partial charge < -0.3 is 10.2 Å². The second-order valence-electron chi connectivity index (χ2n) is 7.59. The number of Topliss-reactive ketones (excluding diaryl/α,β-unsaturated/α-hetero) is 1. The molecule has 0 aromatic carbocycles. The van der Waals surface area contributed by atoms with Crippen LogP contribution in [-0.4, -0.2) is 42.3 Å². The molecule has 0 aromatic heterocycles. The highest BCUT2D eigenvalue weighted by atomic mass is 16.2. The van der Waals surface area contributed by atoms with E-state index in [0.29, 0.717) is 19.4 Å². The highest BCUT2D eigenvalue weighted by molar-refractivity contribution is 5.85. The molecule has 1 N–H and O–H groups in total. The molecule has 0 radical (unpaired) electrons. The normalized spacial score (nSPS) is 13.2. The molecule has 152 valence electrons. The average Bonchev–Trinajstić information content (AvgIpc) is 2.61. The molecule has 0 spiro atoms. The van der Waals surface area contributed by atoms with Gasteiger partial charge in [-0.2, -0.15) is 0 Å². The van der Waals surface area contributed by atoms with Gasteiger partial charge in [0.15, 0.2) is 5.78 Å². The van der Waals surface area contributed by atoms with Gasteiger partial charge >= 0.3 is 0 Å². The summed E-state index contributed by atoms with van der Waals surface area (Å²) in [7, 11) is 1.81. The Bertz CT molecular complexity index is 553. The van der Waals surface area contributed by atoms with Gasteiger partial charge in [0.25, 0.3) is 0 Å². The summed E-state index contributed by atoms with van der Waals surface area (Å²) in [5.41, 5.74) is 1.08. The third-order valence-corrected chi connectivity index (χ3v) is 4.32. The maximum Gasteiger partial charge on any atom is 0.222 e. The molecule has 0 aliphatic rings. The summed E-state index contributed by atoms with van der Waals surface area (Å²) in [6.07, 6.45) is 14.9. The summed E-state index contributed by atoms with van der Waals surface area (Å²) in [5.74, 6) is 2.86. The first kappa shape index (κ1) is 25.1. The molecular weight excluding hydrogens is 336 g/mol. The van der Waals surface area contributed by atoms with Crippen molar-refractivity contribution in [3.05, 3.63) is 23.8 Å². The number of hydrogen-bond acceptors (Lipinski definition) is 3. The molecule has 0 aliphatic heterocycles. The van der Waals surface area contributed by atoms with Crippen molar-refractivity contribution in [3.8, 4) is 12.3 Å². The van der Waals surface area contributed by atoms with Crippen LogP contribution in [0.15, 0.2) is 23.8 Å². The molecule has 0 fully saturated rings. The highest BCUT2D eigenvalue weighted by Crippen LogP contribution is 2.11. The molecule has 27 heavy (non-hydrogen) atoms. The predicted molar refractivity (Wildman–Crippen MR) is 114 cm³/mol. The van der Waals surface area contributed by atoms with Gasteiger partial charge in [0.2, 0.25) is 5.91 Å². The predicted octanol–water partition coefficient (Wildman–Crippen LogP) is 4.12. The van der Waals surface area contributed by atoms with E-state index in [0.717, 1.165) is 24.8 Å². The van der Waals surface area contributed by atoms with Gasteiger partial charge in [0.1, 0.15) is 0 Å². The van der Waals surface area contributed by atoms with Crippen LogP contribution in [0.3, 0.4) is 0 Å². The van der Waals surface area contributed by atoms with Crippen LogP contribution in [0.4, 0.5) is 0 Å². The van der Waals surface area contributed by atoms with Crippen LogP contribution in [0.1, 0.15) is 66.7 Å². The molecule has 1 atom stereocenters. The van der Waals surface area contributed by atoms with Crippen LogP contribution < -0.4 is 5.32 Å². The van der Waals surface area contributed by atoms with Crippen LogP contribution in [-0.2, 0) is 9.59 Å². The maximum atomic E-state index is 12.4. The number of allylic oxidation sites excluding steroid dienone is 4. The third-order valence-electron chi connectivity index (χ3n) is 4.32. The largest absolute Gasteiger partial charge is 0.346 e. The van der Waals surface area contributed by atoms with Crippen molar-refractivity contribution < 1.29 is 9.59 Å². The summed E-state index contributed by atoms with van der Waals surface area (Å²) in [4.78, 5) is 26.5. The van der Waals surface area contributed by atoms with E-state index < -0.39 is 0 Å². The van der Waals surface area contributed by atoms with Crippen molar-refractivity contribution in [1.29, 1.82) is 0 Å². The number of hydrogen-bond donors (Lipinski definition) is 1. The van der Waals surface area contributed by atoms with Gasteiger partial charge in [0.05, 0.1) is 6.04 Å². The van der Waals surface area contributed by atoms with Gasteiger partial charge in [-0.15, -0.1) is 6.42 Å². The summed E-state index contributed by atoms with van der Waals surface area (Å²) >= 11 is 0. The molecule has 0 heterocycles. The number of nitrogens with zero attached hydrogens (tertiary/aromatic N) is 1. The van der Waals surface area contributed by atoms with Crippen LogP contribution in [0.2, 0.25) is 0 Å². The first-order valence-electron chi connectivity index (χ1n) is 10.1. The lowest BCUT2D eigenvalue weighted by molar-refractivity contribution is -0.131. The zero-order valence-electron chi connectivity index (χ0n) is 18.0. The zero-order valence-corrected chi connectivity index (χ0v) is 18.0. The van der Waals surface area contributed by atoms with Gasteiger partial charge in [-0.3, -0.25) is 9.59 Å². The van der Waals surface area contributed by atoms with Crippen LogP contribution in [0.5, 0.6) is 0 Å². The Balaban J connectivity index is 4.51. The Labute approximate surface area is 166 Å². The average molecular weight is 375 g/mol. The molecule has 0 saturated heterocycles. The van der Waals surface area contributed by atoms with E-state index in [9.17, 15) is 9.59 Å². The van der Waals surface area contributed by atoms with Crippen molar-refractivity contribution in [1.82, 2.24) is 10.2 Å². The Morgan fingerprint density at radius 2 is 1.85 bits per heavy atom. The minimum Gasteiger partial charge on any atom is -0.346 e. The van der Waals surface area contributed by atoms with E-state index in [1.807, 2.05) is 40.8 Å². The SMILES string of the molecule is C#C/C=C(\C=C/CC)CCCC(=O)N(C)CCC(NC(C)C)C(=O)C(C)C. The smallest absolute Gasteiger partial charge is 0.222 e. The Hall–Kier alpha value is -1.86. The molecule has 4 nitrogen and oxygen atoms in total. The summed E-state index contributed by atoms with van der Waals surface area (Å²) in [6.45, 7) is 10.5. The minimum atomic E-state index is -0.204. The zero-order chi connectivity index (χ0) is 20.8. The van der Waals surface area contributed by atoms with E-state index in [1.54, 1.807) is 11.0 Å². The second-order valence-corrected chi connectivity index (χ2v) is 7.59. The number of amides is 1. The number of ketones is 1. The van der Waals surface area contributed by atoms with Gasteiger partial charge in [-0.25, -0.2) is 0 Å². The Morgan fingerprint density at radius 3 is 2.37 bits per heavy atom. The third kappa shape index (κ3) is 11.5. The quantitative estimate of drug-likeness (QED) is 0.390. The number of rotatable bonds is 13. The van der Waals surface area contributed by atoms with E-state index in [4.69, 9.17) is 6.42 Å². The summed E-state index contributed by atoms with van der Waals surface area (Å²) in [5, 5.41) is 3.33. The molecule has 4 heteroatoms. The topological polar surface area (TPSA) is 49.4 Å². The number of nitrogens with one attached hydrogen (secondary N) is 1. The fraction of sp³-hybridized carbons (Fsp3) is 0.652. The molecule has 0 saturated carbocycles. The fourth-order valence-electron chi connectivity index (χ4n) is 2.77. The minimum absolute atomic E-state index is 0.0141. The molecule has 1 unspecified atom stereocenters. The molecule has 1 amide bonds. The van der Waals surface area contributed by atoms with Crippen LogP contribution in [0.25, 0.3) is 0 Å². The molecule has 0 rings (SSSR count). The second kappa shape index (κ2) is 14.2. The van der Waals surface area contributed by atoms with Gasteiger partial charge in [-0.1, -0.05) is 52.7 Å². The Kier molecular flexibility index (Phi) is 13.2. The molecule has 0 aromatic rings. The summed E-state index contributed by atoms with van der Waals surface area (Å²) < 4.78 is 0. The number of carbonyl (C=O) groups excluding carboxylic acids is 2. The maximum absolute atomic E-state index is 12.4.